The summed E-state index contributed by atoms with van der Waals surface area (Å²) in [5.74, 6) is 0.838. The highest BCUT2D eigenvalue weighted by Crippen LogP contribution is 2.30. The number of anilines is 3. The number of carbonyl (C=O) groups is 1. The lowest BCUT2D eigenvalue weighted by molar-refractivity contribution is 0.121. The third-order valence-electron chi connectivity index (χ3n) is 6.10. The molecule has 2 aromatic heterocycles. The van der Waals surface area contributed by atoms with Crippen LogP contribution in [0.3, 0.4) is 0 Å². The van der Waals surface area contributed by atoms with E-state index in [1.165, 1.54) is 17.4 Å². The normalized spacial score (nSPS) is 14.9. The highest BCUT2D eigenvalue weighted by molar-refractivity contribution is 7.22. The molecule has 0 radical (unpaired) electrons. The Bertz CT molecular complexity index is 1180. The fourth-order valence-corrected chi connectivity index (χ4v) is 5.27. The van der Waals surface area contributed by atoms with Gasteiger partial charge in [0.05, 0.1) is 5.69 Å². The number of nitrogens with one attached hydrogen (secondary N) is 2. The van der Waals surface area contributed by atoms with E-state index in [1.807, 2.05) is 6.07 Å². The van der Waals surface area contributed by atoms with Gasteiger partial charge in [0.2, 0.25) is 0 Å². The minimum atomic E-state index is -0.427. The Morgan fingerprint density at radius 3 is 2.64 bits per heavy atom. The molecule has 3 aromatic rings. The Morgan fingerprint density at radius 2 is 1.92 bits per heavy atom. The molecule has 1 saturated heterocycles. The van der Waals surface area contributed by atoms with Crippen molar-refractivity contribution in [3.05, 3.63) is 41.2 Å². The number of pyridine rings is 1. The molecule has 0 aliphatic carbocycles. The first-order valence-electron chi connectivity index (χ1n) is 12.2. The highest BCUT2D eigenvalue weighted by Gasteiger charge is 2.17. The molecule has 1 aliphatic rings. The van der Waals surface area contributed by atoms with Gasteiger partial charge in [0, 0.05) is 51.3 Å². The van der Waals surface area contributed by atoms with E-state index < -0.39 is 5.82 Å². The van der Waals surface area contributed by atoms with Gasteiger partial charge < -0.3 is 20.0 Å². The third kappa shape index (κ3) is 7.03. The maximum Gasteiger partial charge on any atom is 0.321 e. The molecule has 0 bridgehead atoms. The van der Waals surface area contributed by atoms with Gasteiger partial charge in [-0.2, -0.15) is 0 Å². The summed E-state index contributed by atoms with van der Waals surface area (Å²) in [5.41, 5.74) is 1.03. The summed E-state index contributed by atoms with van der Waals surface area (Å²) < 4.78 is 14.3. The quantitative estimate of drug-likeness (QED) is 0.375. The number of carbonyl (C=O) groups excluding carboxylic acids is 1. The molecule has 194 valence electrons. The van der Waals surface area contributed by atoms with Crippen LogP contribution < -0.4 is 15.5 Å². The number of piperazine rings is 1. The van der Waals surface area contributed by atoms with Crippen LogP contribution in [0.1, 0.15) is 20.3 Å². The monoisotopic (exact) mass is 533 g/mol. The number of rotatable bonds is 9. The summed E-state index contributed by atoms with van der Waals surface area (Å²) in [6.07, 6.45) is 0.899. The van der Waals surface area contributed by atoms with Crippen molar-refractivity contribution >= 4 is 56.0 Å². The second-order valence-corrected chi connectivity index (χ2v) is 10.9. The molecule has 1 aromatic carbocycles. The van der Waals surface area contributed by atoms with E-state index in [2.05, 4.69) is 44.2 Å². The summed E-state index contributed by atoms with van der Waals surface area (Å²) in [4.78, 5) is 28.7. The second kappa shape index (κ2) is 12.1. The van der Waals surface area contributed by atoms with Crippen molar-refractivity contribution in [1.29, 1.82) is 0 Å². The lowest BCUT2D eigenvalue weighted by atomic mass is 10.2. The summed E-state index contributed by atoms with van der Waals surface area (Å²) >= 11 is 7.14. The van der Waals surface area contributed by atoms with Crippen LogP contribution in [0, 0.1) is 11.7 Å². The van der Waals surface area contributed by atoms with Crippen molar-refractivity contribution in [2.45, 2.75) is 20.3 Å². The number of urea groups is 1. The number of halogens is 2. The van der Waals surface area contributed by atoms with E-state index in [9.17, 15) is 9.18 Å². The number of benzene rings is 1. The van der Waals surface area contributed by atoms with Crippen LogP contribution >= 0.6 is 22.9 Å². The van der Waals surface area contributed by atoms with E-state index >= 15 is 0 Å². The minimum Gasteiger partial charge on any atom is -0.338 e. The maximum atomic E-state index is 14.3. The highest BCUT2D eigenvalue weighted by atomic mass is 35.5. The molecule has 3 heterocycles. The number of thiazole rings is 1. The Kier molecular flexibility index (Phi) is 8.95. The Morgan fingerprint density at radius 1 is 1.17 bits per heavy atom. The van der Waals surface area contributed by atoms with Crippen molar-refractivity contribution in [2.75, 3.05) is 63.1 Å². The molecule has 2 N–H and O–H groups in total. The Hall–Kier alpha value is -2.53. The number of aromatic nitrogens is 2. The molecular formula is C25H33ClFN7OS. The average Bonchev–Trinajstić information content (AvgIpc) is 3.23. The van der Waals surface area contributed by atoms with Crippen LogP contribution in [0.15, 0.2) is 30.3 Å². The van der Waals surface area contributed by atoms with Crippen molar-refractivity contribution < 1.29 is 9.18 Å². The smallest absolute Gasteiger partial charge is 0.321 e. The van der Waals surface area contributed by atoms with Crippen molar-refractivity contribution in [1.82, 2.24) is 25.1 Å². The van der Waals surface area contributed by atoms with Gasteiger partial charge in [0.15, 0.2) is 5.13 Å². The van der Waals surface area contributed by atoms with Crippen LogP contribution in [-0.4, -0.2) is 78.7 Å². The molecule has 1 fully saturated rings. The molecule has 0 saturated carbocycles. The van der Waals surface area contributed by atoms with E-state index in [1.54, 1.807) is 30.1 Å². The first-order chi connectivity index (χ1) is 17.3. The molecule has 4 rings (SSSR count). The molecule has 1 aliphatic heterocycles. The standard InChI is InChI=1S/C25H33ClFN7OS/c1-17(2)16-34-13-11-33(12-14-34)10-4-9-28-24(35)31-25-29-20-6-8-22(30-23(20)36-25)32(3)21-7-5-18(26)15-19(21)27/h5-8,15,17H,4,9-14,16H2,1-3H3,(H2,28,29,31,35). The van der Waals surface area contributed by atoms with Gasteiger partial charge in [-0.3, -0.25) is 5.32 Å². The zero-order chi connectivity index (χ0) is 25.7. The lowest BCUT2D eigenvalue weighted by Crippen LogP contribution is -2.47. The van der Waals surface area contributed by atoms with Gasteiger partial charge in [-0.1, -0.05) is 36.8 Å². The van der Waals surface area contributed by atoms with Crippen LogP contribution in [0.4, 0.5) is 25.8 Å². The summed E-state index contributed by atoms with van der Waals surface area (Å²) in [5, 5.41) is 6.51. The maximum absolute atomic E-state index is 14.3. The molecule has 36 heavy (non-hydrogen) atoms. The molecule has 0 atom stereocenters. The van der Waals surface area contributed by atoms with Gasteiger partial charge in [-0.25, -0.2) is 19.2 Å². The SMILES string of the molecule is CC(C)CN1CCN(CCCNC(=O)Nc2nc3ccc(N(C)c4ccc(Cl)cc4F)nc3s2)CC1. The van der Waals surface area contributed by atoms with Gasteiger partial charge in [-0.05, 0) is 49.2 Å². The number of hydrogen-bond donors (Lipinski definition) is 2. The molecule has 11 heteroatoms. The van der Waals surface area contributed by atoms with Crippen molar-refractivity contribution in [3.63, 3.8) is 0 Å². The summed E-state index contributed by atoms with van der Waals surface area (Å²) in [6.45, 7) is 11.7. The van der Waals surface area contributed by atoms with E-state index in [0.717, 1.165) is 45.7 Å². The average molecular weight is 534 g/mol. The van der Waals surface area contributed by atoms with Gasteiger partial charge in [-0.15, -0.1) is 0 Å². The van der Waals surface area contributed by atoms with E-state index in [0.29, 0.717) is 44.5 Å². The topological polar surface area (TPSA) is 76.6 Å². The molecule has 2 amide bonds. The zero-order valence-electron chi connectivity index (χ0n) is 20.9. The minimum absolute atomic E-state index is 0.281. The number of hydrogen-bond acceptors (Lipinski definition) is 7. The van der Waals surface area contributed by atoms with Crippen LogP contribution in [0.5, 0.6) is 0 Å². The van der Waals surface area contributed by atoms with Crippen molar-refractivity contribution in [3.8, 4) is 0 Å². The largest absolute Gasteiger partial charge is 0.338 e. The number of fused-ring (bicyclic) bond motifs is 1. The molecular weight excluding hydrogens is 501 g/mol. The zero-order valence-corrected chi connectivity index (χ0v) is 22.5. The molecule has 0 unspecified atom stereocenters. The van der Waals surface area contributed by atoms with Gasteiger partial charge in [0.25, 0.3) is 0 Å². The Balaban J connectivity index is 1.24. The summed E-state index contributed by atoms with van der Waals surface area (Å²) in [6, 6.07) is 7.81. The number of nitrogens with zero attached hydrogens (tertiary/aromatic N) is 5. The first-order valence-corrected chi connectivity index (χ1v) is 13.4. The van der Waals surface area contributed by atoms with E-state index in [-0.39, 0.29) is 6.03 Å². The first kappa shape index (κ1) is 26.5. The van der Waals surface area contributed by atoms with Gasteiger partial charge in [0.1, 0.15) is 22.0 Å². The summed E-state index contributed by atoms with van der Waals surface area (Å²) in [7, 11) is 1.74. The predicted octanol–water partition coefficient (Wildman–Crippen LogP) is 5.04. The van der Waals surface area contributed by atoms with E-state index in [4.69, 9.17) is 11.6 Å². The Labute approximate surface area is 220 Å². The lowest BCUT2D eigenvalue weighted by Gasteiger charge is -2.35. The van der Waals surface area contributed by atoms with Crippen LogP contribution in [0.25, 0.3) is 10.3 Å². The van der Waals surface area contributed by atoms with Crippen LogP contribution in [0.2, 0.25) is 5.02 Å². The third-order valence-corrected chi connectivity index (χ3v) is 7.22. The second-order valence-electron chi connectivity index (χ2n) is 9.44. The number of amides is 2. The van der Waals surface area contributed by atoms with Crippen LogP contribution in [-0.2, 0) is 0 Å². The fraction of sp³-hybridized carbons (Fsp3) is 0.480. The van der Waals surface area contributed by atoms with Crippen molar-refractivity contribution in [2.24, 2.45) is 5.92 Å². The predicted molar refractivity (Wildman–Crippen MR) is 146 cm³/mol. The fourth-order valence-electron chi connectivity index (χ4n) is 4.28. The molecule has 0 spiro atoms. The van der Waals surface area contributed by atoms with Gasteiger partial charge >= 0.3 is 6.03 Å². The molecule has 8 nitrogen and oxygen atoms in total.